The molecule has 0 aliphatic rings. The van der Waals surface area contributed by atoms with Gasteiger partial charge in [-0.05, 0) is 62.7 Å². The van der Waals surface area contributed by atoms with Gasteiger partial charge in [0.2, 0.25) is 0 Å². The predicted octanol–water partition coefficient (Wildman–Crippen LogP) is 5.19. The van der Waals surface area contributed by atoms with E-state index >= 15 is 0 Å². The van der Waals surface area contributed by atoms with E-state index in [0.29, 0.717) is 30.0 Å². The molecule has 3 rings (SSSR count). The van der Waals surface area contributed by atoms with Gasteiger partial charge in [0.1, 0.15) is 11.3 Å². The van der Waals surface area contributed by atoms with Crippen LogP contribution in [0.2, 0.25) is 0 Å². The number of hydrogen-bond donors (Lipinski definition) is 1. The van der Waals surface area contributed by atoms with Crippen molar-refractivity contribution in [2.24, 2.45) is 0 Å². The first-order chi connectivity index (χ1) is 13.9. The molecule has 5 nitrogen and oxygen atoms in total. The average molecular weight is 390 g/mol. The molecule has 0 amide bonds. The molecular formula is C24H26N2O3. The van der Waals surface area contributed by atoms with E-state index in [2.05, 4.69) is 5.32 Å². The maximum Gasteiger partial charge on any atom is 0.268 e. The molecule has 0 aliphatic heterocycles. The molecule has 0 bridgehead atoms. The Morgan fingerprint density at radius 2 is 1.69 bits per heavy atom. The highest BCUT2D eigenvalue weighted by molar-refractivity contribution is 6.01. The van der Waals surface area contributed by atoms with Gasteiger partial charge in [-0.2, -0.15) is 0 Å². The first kappa shape index (κ1) is 20.4. The number of hydrogen-bond acceptors (Lipinski definition) is 4. The van der Waals surface area contributed by atoms with Gasteiger partial charge in [0.15, 0.2) is 5.78 Å². The van der Waals surface area contributed by atoms with Crippen LogP contribution in [0.25, 0.3) is 5.69 Å². The number of pyridine rings is 1. The molecule has 0 spiro atoms. The number of nitrogens with one attached hydrogen (secondary N) is 1. The van der Waals surface area contributed by atoms with E-state index < -0.39 is 0 Å². The highest BCUT2D eigenvalue weighted by atomic mass is 16.5. The summed E-state index contributed by atoms with van der Waals surface area (Å²) in [5, 5.41) is 3.26. The third-order valence-corrected chi connectivity index (χ3v) is 4.81. The summed E-state index contributed by atoms with van der Waals surface area (Å²) >= 11 is 0. The summed E-state index contributed by atoms with van der Waals surface area (Å²) in [6, 6.07) is 16.9. The predicted molar refractivity (Wildman–Crippen MR) is 117 cm³/mol. The molecule has 1 heterocycles. The minimum Gasteiger partial charge on any atom is -0.497 e. The Kier molecular flexibility index (Phi) is 6.17. The van der Waals surface area contributed by atoms with Crippen LogP contribution in [-0.4, -0.2) is 17.5 Å². The molecule has 1 aromatic heterocycles. The van der Waals surface area contributed by atoms with Crippen LogP contribution < -0.4 is 15.6 Å². The Morgan fingerprint density at radius 3 is 2.28 bits per heavy atom. The van der Waals surface area contributed by atoms with Crippen LogP contribution in [0.3, 0.4) is 0 Å². The highest BCUT2D eigenvalue weighted by Gasteiger charge is 2.20. The van der Waals surface area contributed by atoms with Gasteiger partial charge in [-0.15, -0.1) is 0 Å². The van der Waals surface area contributed by atoms with Crippen molar-refractivity contribution in [1.82, 2.24) is 4.57 Å². The fourth-order valence-electron chi connectivity index (χ4n) is 3.30. The number of ether oxygens (including phenoxy) is 1. The zero-order valence-corrected chi connectivity index (χ0v) is 17.3. The van der Waals surface area contributed by atoms with Gasteiger partial charge in [-0.1, -0.05) is 24.6 Å². The fourth-order valence-corrected chi connectivity index (χ4v) is 3.30. The molecule has 0 fully saturated rings. The highest BCUT2D eigenvalue weighted by Crippen LogP contribution is 2.24. The van der Waals surface area contributed by atoms with Crippen molar-refractivity contribution in [1.29, 1.82) is 0 Å². The Morgan fingerprint density at radius 1 is 1.03 bits per heavy atom. The number of aryl methyl sites for hydroxylation is 2. The molecule has 0 unspecified atom stereocenters. The van der Waals surface area contributed by atoms with Crippen LogP contribution >= 0.6 is 0 Å². The van der Waals surface area contributed by atoms with Crippen molar-refractivity contribution in [2.45, 2.75) is 33.6 Å². The second-order valence-corrected chi connectivity index (χ2v) is 7.08. The van der Waals surface area contributed by atoms with Crippen molar-refractivity contribution in [3.8, 4) is 11.4 Å². The van der Waals surface area contributed by atoms with Crippen LogP contribution in [0.1, 0.15) is 41.4 Å². The smallest absolute Gasteiger partial charge is 0.268 e. The van der Waals surface area contributed by atoms with E-state index in [1.165, 1.54) is 0 Å². The lowest BCUT2D eigenvalue weighted by atomic mass is 10.0. The lowest BCUT2D eigenvalue weighted by Gasteiger charge is -2.17. The minimum atomic E-state index is -0.316. The Balaban J connectivity index is 2.14. The summed E-state index contributed by atoms with van der Waals surface area (Å²) in [5.74, 6) is 0.550. The van der Waals surface area contributed by atoms with E-state index in [1.807, 2.05) is 63.2 Å². The molecule has 0 aliphatic carbocycles. The second kappa shape index (κ2) is 8.78. The average Bonchev–Trinajstić information content (AvgIpc) is 2.70. The zero-order chi connectivity index (χ0) is 21.0. The summed E-state index contributed by atoms with van der Waals surface area (Å²) in [6.07, 6.45) is 1.00. The van der Waals surface area contributed by atoms with Gasteiger partial charge < -0.3 is 10.1 Å². The molecule has 0 radical (unpaired) electrons. The Hall–Kier alpha value is -3.34. The quantitative estimate of drug-likeness (QED) is 0.564. The standard InChI is InChI=1S/C24H26N2O3/c1-5-6-22(27)23-21(25-18-9-7-16(2)8-10-18)15-17(3)26(24(23)28)19-11-13-20(29-4)14-12-19/h7-15,25H,5-6H2,1-4H3. The molecule has 5 heteroatoms. The van der Waals surface area contributed by atoms with Crippen molar-refractivity contribution in [2.75, 3.05) is 12.4 Å². The SMILES string of the molecule is CCCC(=O)c1c(Nc2ccc(C)cc2)cc(C)n(-c2ccc(OC)cc2)c1=O. The molecule has 0 saturated carbocycles. The molecule has 150 valence electrons. The number of benzene rings is 2. The van der Waals surface area contributed by atoms with Gasteiger partial charge in [-0.3, -0.25) is 14.2 Å². The summed E-state index contributed by atoms with van der Waals surface area (Å²) in [4.78, 5) is 26.2. The minimum absolute atomic E-state index is 0.158. The Bertz CT molecular complexity index is 1070. The number of rotatable bonds is 7. The van der Waals surface area contributed by atoms with E-state index in [0.717, 1.165) is 16.9 Å². The topological polar surface area (TPSA) is 60.3 Å². The number of methoxy groups -OCH3 is 1. The first-order valence-electron chi connectivity index (χ1n) is 9.72. The number of carbonyl (C=O) groups is 1. The molecule has 29 heavy (non-hydrogen) atoms. The molecule has 1 N–H and O–H groups in total. The van der Waals surface area contributed by atoms with Crippen molar-refractivity contribution < 1.29 is 9.53 Å². The lowest BCUT2D eigenvalue weighted by Crippen LogP contribution is -2.28. The number of nitrogens with zero attached hydrogens (tertiary/aromatic N) is 1. The van der Waals surface area contributed by atoms with Gasteiger partial charge in [0, 0.05) is 23.5 Å². The van der Waals surface area contributed by atoms with E-state index in [9.17, 15) is 9.59 Å². The monoisotopic (exact) mass is 390 g/mol. The van der Waals surface area contributed by atoms with Crippen LogP contribution in [-0.2, 0) is 0 Å². The van der Waals surface area contributed by atoms with Crippen LogP contribution in [0.4, 0.5) is 11.4 Å². The van der Waals surface area contributed by atoms with Gasteiger partial charge >= 0.3 is 0 Å². The van der Waals surface area contributed by atoms with Crippen molar-refractivity contribution >= 4 is 17.2 Å². The molecular weight excluding hydrogens is 364 g/mol. The van der Waals surface area contributed by atoms with Gasteiger partial charge in [-0.25, -0.2) is 0 Å². The summed E-state index contributed by atoms with van der Waals surface area (Å²) in [7, 11) is 1.60. The van der Waals surface area contributed by atoms with E-state index in [4.69, 9.17) is 4.74 Å². The van der Waals surface area contributed by atoms with Crippen LogP contribution in [0.15, 0.2) is 59.4 Å². The number of aromatic nitrogens is 1. The van der Waals surface area contributed by atoms with Gasteiger partial charge in [0.05, 0.1) is 12.8 Å². The molecule has 2 aromatic carbocycles. The maximum atomic E-state index is 13.4. The normalized spacial score (nSPS) is 10.6. The summed E-state index contributed by atoms with van der Waals surface area (Å²) in [5.41, 5.74) is 3.83. The van der Waals surface area contributed by atoms with E-state index in [-0.39, 0.29) is 16.9 Å². The number of Topliss-reactive ketones (excluding diaryl/α,β-unsaturated/α-hetero) is 1. The second-order valence-electron chi connectivity index (χ2n) is 7.08. The first-order valence-corrected chi connectivity index (χ1v) is 9.72. The molecule has 0 saturated heterocycles. The van der Waals surface area contributed by atoms with Gasteiger partial charge in [0.25, 0.3) is 5.56 Å². The van der Waals surface area contributed by atoms with Crippen LogP contribution in [0.5, 0.6) is 5.75 Å². The summed E-state index contributed by atoms with van der Waals surface area (Å²) < 4.78 is 6.77. The fraction of sp³-hybridized carbons (Fsp3) is 0.250. The van der Waals surface area contributed by atoms with Crippen molar-refractivity contribution in [3.63, 3.8) is 0 Å². The summed E-state index contributed by atoms with van der Waals surface area (Å²) in [6.45, 7) is 5.81. The Labute approximate surface area is 171 Å². The van der Waals surface area contributed by atoms with E-state index in [1.54, 1.807) is 23.8 Å². The molecule has 3 aromatic rings. The number of carbonyl (C=O) groups excluding carboxylic acids is 1. The molecule has 0 atom stereocenters. The third kappa shape index (κ3) is 4.40. The largest absolute Gasteiger partial charge is 0.497 e. The third-order valence-electron chi connectivity index (χ3n) is 4.81. The van der Waals surface area contributed by atoms with Crippen molar-refractivity contribution in [3.05, 3.63) is 81.8 Å². The zero-order valence-electron chi connectivity index (χ0n) is 17.3. The number of anilines is 2. The number of ketones is 1. The van der Waals surface area contributed by atoms with Crippen LogP contribution in [0, 0.1) is 13.8 Å². The maximum absolute atomic E-state index is 13.4. The lowest BCUT2D eigenvalue weighted by molar-refractivity contribution is 0.0981.